The summed E-state index contributed by atoms with van der Waals surface area (Å²) in [6.07, 6.45) is 0. The molecule has 0 bridgehead atoms. The molecule has 1 saturated heterocycles. The zero-order chi connectivity index (χ0) is 15.6. The van der Waals surface area contributed by atoms with Crippen molar-refractivity contribution in [2.75, 3.05) is 31.1 Å². The summed E-state index contributed by atoms with van der Waals surface area (Å²) in [6.45, 7) is 4.76. The van der Waals surface area contributed by atoms with E-state index in [0.717, 1.165) is 43.6 Å². The summed E-state index contributed by atoms with van der Waals surface area (Å²) in [5, 5.41) is 16.6. The van der Waals surface area contributed by atoms with Gasteiger partial charge in [-0.25, -0.2) is 0 Å². The molecule has 8 heteroatoms. The Kier molecular flexibility index (Phi) is 3.80. The van der Waals surface area contributed by atoms with Crippen LogP contribution in [0, 0.1) is 0 Å². The first-order valence-corrected chi connectivity index (χ1v) is 7.93. The standard InChI is InChI=1S/C15H16ClN7/c16-13-3-1-2-12(10-13)11-21-6-8-22(9-7-21)15-5-4-14-17-19-20-23(14)18-15/h1-5,10H,6-9,11H2. The van der Waals surface area contributed by atoms with E-state index >= 15 is 0 Å². The van der Waals surface area contributed by atoms with Crippen molar-refractivity contribution < 1.29 is 0 Å². The predicted octanol–water partition coefficient (Wildman–Crippen LogP) is 1.49. The van der Waals surface area contributed by atoms with Gasteiger partial charge in [0.1, 0.15) is 0 Å². The van der Waals surface area contributed by atoms with E-state index in [1.165, 1.54) is 10.2 Å². The molecule has 23 heavy (non-hydrogen) atoms. The first-order chi connectivity index (χ1) is 11.3. The number of fused-ring (bicyclic) bond motifs is 1. The summed E-state index contributed by atoms with van der Waals surface area (Å²) in [7, 11) is 0. The molecular formula is C15H16ClN7. The highest BCUT2D eigenvalue weighted by molar-refractivity contribution is 6.30. The lowest BCUT2D eigenvalue weighted by Crippen LogP contribution is -2.46. The molecule has 0 atom stereocenters. The van der Waals surface area contributed by atoms with Crippen molar-refractivity contribution in [2.45, 2.75) is 6.54 Å². The average Bonchev–Trinajstić information content (AvgIpc) is 3.03. The van der Waals surface area contributed by atoms with Crippen LogP contribution in [0.1, 0.15) is 5.56 Å². The molecule has 1 aliphatic rings. The molecule has 1 fully saturated rings. The van der Waals surface area contributed by atoms with E-state index < -0.39 is 0 Å². The number of hydrogen-bond donors (Lipinski definition) is 0. The maximum Gasteiger partial charge on any atom is 0.200 e. The van der Waals surface area contributed by atoms with E-state index in [2.05, 4.69) is 36.5 Å². The van der Waals surface area contributed by atoms with Crippen LogP contribution in [0.15, 0.2) is 36.4 Å². The molecule has 4 rings (SSSR count). The summed E-state index contributed by atoms with van der Waals surface area (Å²) in [5.41, 5.74) is 1.91. The molecule has 7 nitrogen and oxygen atoms in total. The van der Waals surface area contributed by atoms with E-state index in [1.54, 1.807) is 0 Å². The van der Waals surface area contributed by atoms with Crippen molar-refractivity contribution in [3.05, 3.63) is 47.0 Å². The Bertz CT molecular complexity index is 810. The number of piperazine rings is 1. The number of tetrazole rings is 1. The highest BCUT2D eigenvalue weighted by atomic mass is 35.5. The number of nitrogens with zero attached hydrogens (tertiary/aromatic N) is 7. The number of aromatic nitrogens is 5. The molecule has 1 aromatic carbocycles. The Morgan fingerprint density at radius 1 is 1.04 bits per heavy atom. The van der Waals surface area contributed by atoms with Gasteiger partial charge in [-0.05, 0) is 40.3 Å². The Morgan fingerprint density at radius 3 is 2.74 bits per heavy atom. The third kappa shape index (κ3) is 3.11. The number of benzene rings is 1. The van der Waals surface area contributed by atoms with E-state index in [-0.39, 0.29) is 0 Å². The van der Waals surface area contributed by atoms with Gasteiger partial charge in [0.15, 0.2) is 11.5 Å². The van der Waals surface area contributed by atoms with Crippen LogP contribution in [0.3, 0.4) is 0 Å². The van der Waals surface area contributed by atoms with Crippen molar-refractivity contribution in [3.63, 3.8) is 0 Å². The molecular weight excluding hydrogens is 314 g/mol. The van der Waals surface area contributed by atoms with Gasteiger partial charge in [0.25, 0.3) is 0 Å². The lowest BCUT2D eigenvalue weighted by molar-refractivity contribution is 0.249. The number of hydrogen-bond acceptors (Lipinski definition) is 6. The molecule has 0 amide bonds. The zero-order valence-corrected chi connectivity index (χ0v) is 13.3. The SMILES string of the molecule is Clc1cccc(CN2CCN(c3ccc4nnnn4n3)CC2)c1. The van der Waals surface area contributed by atoms with Crippen LogP contribution in [0.4, 0.5) is 5.82 Å². The Labute approximate surface area is 138 Å². The van der Waals surface area contributed by atoms with Crippen LogP contribution < -0.4 is 4.90 Å². The molecule has 0 unspecified atom stereocenters. The Morgan fingerprint density at radius 2 is 1.91 bits per heavy atom. The lowest BCUT2D eigenvalue weighted by atomic mass is 10.2. The van der Waals surface area contributed by atoms with Crippen molar-refractivity contribution in [2.24, 2.45) is 0 Å². The number of rotatable bonds is 3. The quantitative estimate of drug-likeness (QED) is 0.725. The first-order valence-electron chi connectivity index (χ1n) is 7.55. The zero-order valence-electron chi connectivity index (χ0n) is 12.5. The highest BCUT2D eigenvalue weighted by Gasteiger charge is 2.18. The molecule has 0 saturated carbocycles. The minimum Gasteiger partial charge on any atom is -0.353 e. The monoisotopic (exact) mass is 329 g/mol. The first kappa shape index (κ1) is 14.3. The van der Waals surface area contributed by atoms with Crippen LogP contribution in [0.5, 0.6) is 0 Å². The van der Waals surface area contributed by atoms with E-state index in [1.807, 2.05) is 30.3 Å². The van der Waals surface area contributed by atoms with Gasteiger partial charge in [-0.1, -0.05) is 23.7 Å². The molecule has 3 aromatic rings. The smallest absolute Gasteiger partial charge is 0.200 e. The molecule has 118 valence electrons. The van der Waals surface area contributed by atoms with Gasteiger partial charge in [0, 0.05) is 37.7 Å². The van der Waals surface area contributed by atoms with Crippen LogP contribution in [0.2, 0.25) is 5.02 Å². The second-order valence-corrected chi connectivity index (χ2v) is 6.05. The summed E-state index contributed by atoms with van der Waals surface area (Å²) in [4.78, 5) is 4.69. The van der Waals surface area contributed by atoms with Crippen LogP contribution in [-0.4, -0.2) is 56.3 Å². The molecule has 0 radical (unpaired) electrons. The lowest BCUT2D eigenvalue weighted by Gasteiger charge is -2.35. The minimum atomic E-state index is 0.661. The molecule has 0 aliphatic carbocycles. The number of anilines is 1. The van der Waals surface area contributed by atoms with Crippen LogP contribution >= 0.6 is 11.6 Å². The average molecular weight is 330 g/mol. The fourth-order valence-corrected chi connectivity index (χ4v) is 3.05. The van der Waals surface area contributed by atoms with Gasteiger partial charge in [-0.3, -0.25) is 4.90 Å². The van der Waals surface area contributed by atoms with Gasteiger partial charge in [-0.15, -0.1) is 14.8 Å². The van der Waals surface area contributed by atoms with Gasteiger partial charge in [-0.2, -0.15) is 0 Å². The van der Waals surface area contributed by atoms with Crippen LogP contribution in [0.25, 0.3) is 5.65 Å². The van der Waals surface area contributed by atoms with Gasteiger partial charge >= 0.3 is 0 Å². The summed E-state index contributed by atoms with van der Waals surface area (Å²) >= 11 is 6.05. The topological polar surface area (TPSA) is 62.5 Å². The Hall–Kier alpha value is -2.25. The number of halogens is 1. The second kappa shape index (κ2) is 6.10. The fraction of sp³-hybridized carbons (Fsp3) is 0.333. The predicted molar refractivity (Wildman–Crippen MR) is 87.5 cm³/mol. The maximum absolute atomic E-state index is 6.05. The summed E-state index contributed by atoms with van der Waals surface area (Å²) < 4.78 is 1.47. The minimum absolute atomic E-state index is 0.661. The largest absolute Gasteiger partial charge is 0.353 e. The van der Waals surface area contributed by atoms with Crippen molar-refractivity contribution in [1.82, 2.24) is 30.2 Å². The fourth-order valence-electron chi connectivity index (χ4n) is 2.84. The molecule has 0 spiro atoms. The van der Waals surface area contributed by atoms with E-state index in [9.17, 15) is 0 Å². The molecule has 3 heterocycles. The normalized spacial score (nSPS) is 16.1. The summed E-state index contributed by atoms with van der Waals surface area (Å²) in [6, 6.07) is 11.9. The van der Waals surface area contributed by atoms with Crippen molar-refractivity contribution >= 4 is 23.1 Å². The highest BCUT2D eigenvalue weighted by Crippen LogP contribution is 2.16. The maximum atomic E-state index is 6.05. The Balaban J connectivity index is 1.40. The van der Waals surface area contributed by atoms with Gasteiger partial charge in [0.2, 0.25) is 0 Å². The molecule has 0 N–H and O–H groups in total. The van der Waals surface area contributed by atoms with Crippen LogP contribution in [-0.2, 0) is 6.54 Å². The summed E-state index contributed by atoms with van der Waals surface area (Å²) in [5.74, 6) is 0.909. The van der Waals surface area contributed by atoms with E-state index in [4.69, 9.17) is 11.6 Å². The van der Waals surface area contributed by atoms with E-state index in [0.29, 0.717) is 5.65 Å². The molecule has 1 aliphatic heterocycles. The van der Waals surface area contributed by atoms with Crippen molar-refractivity contribution in [1.29, 1.82) is 0 Å². The molecule has 2 aromatic heterocycles. The third-order valence-corrected chi connectivity index (χ3v) is 4.28. The van der Waals surface area contributed by atoms with Gasteiger partial charge < -0.3 is 4.90 Å². The van der Waals surface area contributed by atoms with Gasteiger partial charge in [0.05, 0.1) is 0 Å². The third-order valence-electron chi connectivity index (χ3n) is 4.05. The van der Waals surface area contributed by atoms with Crippen molar-refractivity contribution in [3.8, 4) is 0 Å². The second-order valence-electron chi connectivity index (χ2n) is 5.61.